The van der Waals surface area contributed by atoms with Gasteiger partial charge in [0.1, 0.15) is 5.54 Å². The monoisotopic (exact) mass is 253 g/mol. The summed E-state index contributed by atoms with van der Waals surface area (Å²) in [6.45, 7) is 8.18. The second-order valence-corrected chi connectivity index (χ2v) is 6.58. The predicted octanol–water partition coefficient (Wildman–Crippen LogP) is 1.10. The number of amides is 1. The number of nitrogens with zero attached hydrogens (tertiary/aromatic N) is 1. The zero-order valence-corrected chi connectivity index (χ0v) is 11.9. The third-order valence-electron chi connectivity index (χ3n) is 4.08. The van der Waals surface area contributed by atoms with Gasteiger partial charge in [0.2, 0.25) is 5.91 Å². The molecule has 4 nitrogen and oxygen atoms in total. The number of nitrogens with one attached hydrogen (secondary N) is 1. The predicted molar refractivity (Wildman–Crippen MR) is 73.2 cm³/mol. The summed E-state index contributed by atoms with van der Waals surface area (Å²) in [5, 5.41) is 3.43. The quantitative estimate of drug-likeness (QED) is 0.681. The zero-order chi connectivity index (χ0) is 13.3. The Bertz CT molecular complexity index is 310. The Morgan fingerprint density at radius 2 is 2.00 bits per heavy atom. The summed E-state index contributed by atoms with van der Waals surface area (Å²) in [5.74, 6) is 0.612. The Morgan fingerprint density at radius 1 is 1.39 bits per heavy atom. The van der Waals surface area contributed by atoms with E-state index in [0.29, 0.717) is 12.1 Å². The second-order valence-electron chi connectivity index (χ2n) is 6.58. The first-order valence-electron chi connectivity index (χ1n) is 7.22. The molecule has 2 aliphatic carbocycles. The second kappa shape index (κ2) is 5.17. The van der Waals surface area contributed by atoms with Gasteiger partial charge in [-0.15, -0.1) is 0 Å². The molecule has 1 atom stereocenters. The van der Waals surface area contributed by atoms with Gasteiger partial charge in [-0.1, -0.05) is 0 Å². The highest BCUT2D eigenvalue weighted by molar-refractivity contribution is 5.84. The van der Waals surface area contributed by atoms with E-state index in [1.54, 1.807) is 0 Å². The van der Waals surface area contributed by atoms with E-state index in [-0.39, 0.29) is 5.91 Å². The highest BCUT2D eigenvalue weighted by Crippen LogP contribution is 2.31. The largest absolute Gasteiger partial charge is 0.368 e. The minimum absolute atomic E-state index is 0.226. The van der Waals surface area contributed by atoms with Crippen molar-refractivity contribution in [3.8, 4) is 0 Å². The number of rotatable bonds is 8. The first-order chi connectivity index (χ1) is 8.40. The molecule has 2 fully saturated rings. The topological polar surface area (TPSA) is 58.4 Å². The van der Waals surface area contributed by atoms with Crippen molar-refractivity contribution in [1.82, 2.24) is 10.2 Å². The summed E-state index contributed by atoms with van der Waals surface area (Å²) in [4.78, 5) is 14.2. The van der Waals surface area contributed by atoms with Crippen LogP contribution in [0.2, 0.25) is 0 Å². The lowest BCUT2D eigenvalue weighted by atomic mass is 9.99. The van der Waals surface area contributed by atoms with E-state index in [9.17, 15) is 4.79 Å². The van der Waals surface area contributed by atoms with Gasteiger partial charge in [0.25, 0.3) is 0 Å². The van der Waals surface area contributed by atoms with Crippen molar-refractivity contribution in [2.24, 2.45) is 11.7 Å². The minimum atomic E-state index is -0.583. The van der Waals surface area contributed by atoms with Gasteiger partial charge in [0, 0.05) is 25.2 Å². The van der Waals surface area contributed by atoms with E-state index in [1.807, 2.05) is 6.92 Å². The first-order valence-corrected chi connectivity index (χ1v) is 7.22. The minimum Gasteiger partial charge on any atom is -0.368 e. The van der Waals surface area contributed by atoms with Crippen molar-refractivity contribution in [1.29, 1.82) is 0 Å². The molecule has 0 bridgehead atoms. The van der Waals surface area contributed by atoms with E-state index >= 15 is 0 Å². The molecule has 0 saturated heterocycles. The highest BCUT2D eigenvalue weighted by atomic mass is 16.1. The molecule has 0 aromatic rings. The Hall–Kier alpha value is -0.610. The normalized spacial score (nSPS) is 23.4. The highest BCUT2D eigenvalue weighted by Gasteiger charge is 2.39. The van der Waals surface area contributed by atoms with Crippen molar-refractivity contribution in [3.63, 3.8) is 0 Å². The van der Waals surface area contributed by atoms with Crippen LogP contribution in [0.5, 0.6) is 0 Å². The fourth-order valence-corrected chi connectivity index (χ4v) is 2.37. The summed E-state index contributed by atoms with van der Waals surface area (Å²) in [7, 11) is 0. The van der Waals surface area contributed by atoms with Crippen molar-refractivity contribution >= 4 is 5.91 Å². The molecule has 2 rings (SSSR count). The molecule has 0 aromatic heterocycles. The van der Waals surface area contributed by atoms with Crippen LogP contribution in [0, 0.1) is 5.92 Å². The molecule has 0 aliphatic heterocycles. The van der Waals surface area contributed by atoms with Gasteiger partial charge < -0.3 is 5.73 Å². The smallest absolute Gasteiger partial charge is 0.238 e. The molecular weight excluding hydrogens is 226 g/mol. The zero-order valence-electron chi connectivity index (χ0n) is 11.9. The number of primary amides is 1. The van der Waals surface area contributed by atoms with E-state index in [0.717, 1.165) is 19.0 Å². The molecule has 0 radical (unpaired) electrons. The molecule has 4 heteroatoms. The summed E-state index contributed by atoms with van der Waals surface area (Å²) in [5.41, 5.74) is 5.03. The van der Waals surface area contributed by atoms with Gasteiger partial charge in [-0.2, -0.15) is 0 Å². The van der Waals surface area contributed by atoms with Crippen molar-refractivity contribution in [2.45, 2.75) is 64.1 Å². The third-order valence-corrected chi connectivity index (χ3v) is 4.08. The maximum absolute atomic E-state index is 11.8. The molecule has 0 spiro atoms. The van der Waals surface area contributed by atoms with Gasteiger partial charge in [-0.3, -0.25) is 15.0 Å². The van der Waals surface area contributed by atoms with Crippen molar-refractivity contribution < 1.29 is 4.79 Å². The van der Waals surface area contributed by atoms with Crippen LogP contribution in [0.3, 0.4) is 0 Å². The number of hydrogen-bond acceptors (Lipinski definition) is 3. The van der Waals surface area contributed by atoms with Crippen LogP contribution >= 0.6 is 0 Å². The average molecular weight is 253 g/mol. The molecule has 2 saturated carbocycles. The summed E-state index contributed by atoms with van der Waals surface area (Å²) < 4.78 is 0. The number of hydrogen-bond donors (Lipinski definition) is 2. The van der Waals surface area contributed by atoms with E-state index < -0.39 is 5.54 Å². The number of nitrogens with two attached hydrogens (primary N) is 1. The fraction of sp³-hybridized carbons (Fsp3) is 0.929. The van der Waals surface area contributed by atoms with Gasteiger partial charge in [0.15, 0.2) is 0 Å². The molecule has 18 heavy (non-hydrogen) atoms. The van der Waals surface area contributed by atoms with Crippen LogP contribution in [-0.4, -0.2) is 41.5 Å². The lowest BCUT2D eigenvalue weighted by Crippen LogP contribution is -2.61. The van der Waals surface area contributed by atoms with E-state index in [2.05, 4.69) is 24.1 Å². The molecule has 104 valence electrons. The maximum Gasteiger partial charge on any atom is 0.238 e. The molecule has 1 unspecified atom stereocenters. The Kier molecular flexibility index (Phi) is 3.97. The van der Waals surface area contributed by atoms with Crippen LogP contribution < -0.4 is 11.1 Å². The van der Waals surface area contributed by atoms with Gasteiger partial charge in [-0.05, 0) is 52.4 Å². The lowest BCUT2D eigenvalue weighted by molar-refractivity contribution is -0.124. The number of carbonyl (C=O) groups excluding carboxylic acids is 1. The van der Waals surface area contributed by atoms with Crippen LogP contribution in [0.15, 0.2) is 0 Å². The van der Waals surface area contributed by atoms with E-state index in [4.69, 9.17) is 5.73 Å². The summed E-state index contributed by atoms with van der Waals surface area (Å²) >= 11 is 0. The van der Waals surface area contributed by atoms with Crippen molar-refractivity contribution in [2.75, 3.05) is 13.1 Å². The van der Waals surface area contributed by atoms with Gasteiger partial charge in [0.05, 0.1) is 0 Å². The standard InChI is InChI=1S/C14H27N3O/c1-10(2)17(8-11-4-5-11)9-14(3,13(15)18)16-12-6-7-12/h10-12,16H,4-9H2,1-3H3,(H2,15,18). The Balaban J connectivity index is 1.97. The SMILES string of the molecule is CC(C)N(CC1CC1)CC(C)(NC1CC1)C(N)=O. The summed E-state index contributed by atoms with van der Waals surface area (Å²) in [6.07, 6.45) is 5.03. The van der Waals surface area contributed by atoms with Crippen LogP contribution in [0.4, 0.5) is 0 Å². The average Bonchev–Trinajstić information content (AvgIpc) is 3.11. The third kappa shape index (κ3) is 3.69. The van der Waals surface area contributed by atoms with E-state index in [1.165, 1.54) is 25.7 Å². The maximum atomic E-state index is 11.8. The van der Waals surface area contributed by atoms with Crippen molar-refractivity contribution in [3.05, 3.63) is 0 Å². The Morgan fingerprint density at radius 3 is 2.39 bits per heavy atom. The first kappa shape index (κ1) is 13.8. The molecule has 1 amide bonds. The molecule has 0 aromatic carbocycles. The van der Waals surface area contributed by atoms with Crippen LogP contribution in [0.1, 0.15) is 46.5 Å². The molecule has 0 heterocycles. The van der Waals surface area contributed by atoms with Crippen LogP contribution in [0.25, 0.3) is 0 Å². The summed E-state index contributed by atoms with van der Waals surface area (Å²) in [6, 6.07) is 0.961. The molecular formula is C14H27N3O. The van der Waals surface area contributed by atoms with Gasteiger partial charge in [-0.25, -0.2) is 0 Å². The molecule has 2 aliphatic rings. The van der Waals surface area contributed by atoms with Gasteiger partial charge >= 0.3 is 0 Å². The fourth-order valence-electron chi connectivity index (χ4n) is 2.37. The Labute approximate surface area is 110 Å². The molecule has 3 N–H and O–H groups in total. The lowest BCUT2D eigenvalue weighted by Gasteiger charge is -2.36. The number of carbonyl (C=O) groups is 1. The van der Waals surface area contributed by atoms with Crippen LogP contribution in [-0.2, 0) is 4.79 Å².